The van der Waals surface area contributed by atoms with Gasteiger partial charge in [0.05, 0.1) is 25.4 Å². The molecule has 0 saturated carbocycles. The van der Waals surface area contributed by atoms with Crippen molar-refractivity contribution < 1.29 is 9.69 Å². The Hall–Kier alpha value is -0.850. The van der Waals surface area contributed by atoms with E-state index in [1.54, 1.807) is 16.7 Å². The van der Waals surface area contributed by atoms with Crippen molar-refractivity contribution >= 4 is 39.3 Å². The maximum Gasteiger partial charge on any atom is 0.250 e. The number of hydrogen-bond donors (Lipinski definition) is 2. The van der Waals surface area contributed by atoms with E-state index in [4.69, 9.17) is 0 Å². The van der Waals surface area contributed by atoms with Crippen molar-refractivity contribution in [2.24, 2.45) is 5.10 Å². The molecule has 0 spiro atoms. The number of hydrogen-bond acceptors (Lipinski definition) is 3. The van der Waals surface area contributed by atoms with Crippen LogP contribution in [0.1, 0.15) is 37.3 Å². The van der Waals surface area contributed by atoms with Gasteiger partial charge in [-0.3, -0.25) is 4.79 Å². The molecular formula is C18H27BrN3OS+. The fourth-order valence-corrected chi connectivity index (χ4v) is 4.19. The number of benzene rings is 1. The number of likely N-dealkylation sites (tertiary alicyclic amines) is 1. The summed E-state index contributed by atoms with van der Waals surface area (Å²) in [4.78, 5) is 14.8. The van der Waals surface area contributed by atoms with E-state index in [0.29, 0.717) is 5.75 Å². The number of halogens is 1. The van der Waals surface area contributed by atoms with Gasteiger partial charge in [0, 0.05) is 27.9 Å². The van der Waals surface area contributed by atoms with Gasteiger partial charge < -0.3 is 4.90 Å². The number of nitrogens with one attached hydrogen (secondary N) is 2. The molecule has 132 valence electrons. The highest BCUT2D eigenvalue weighted by Crippen LogP contribution is 2.28. The van der Waals surface area contributed by atoms with Crippen LogP contribution in [0.5, 0.6) is 0 Å². The number of carbonyl (C=O) groups is 1. The molecule has 0 aliphatic carbocycles. The third-order valence-corrected chi connectivity index (χ3v) is 6.30. The van der Waals surface area contributed by atoms with Gasteiger partial charge in [0.25, 0.3) is 0 Å². The Bertz CT molecular complexity index is 609. The summed E-state index contributed by atoms with van der Waals surface area (Å²) >= 11 is 5.10. The molecule has 0 aromatic heterocycles. The molecule has 1 amide bonds. The van der Waals surface area contributed by atoms with E-state index < -0.39 is 0 Å². The molecule has 0 atom stereocenters. The molecule has 6 heteroatoms. The van der Waals surface area contributed by atoms with Gasteiger partial charge in [-0.25, -0.2) is 5.43 Å². The van der Waals surface area contributed by atoms with Crippen LogP contribution in [0.2, 0.25) is 0 Å². The molecule has 1 saturated heterocycles. The second-order valence-electron chi connectivity index (χ2n) is 6.37. The van der Waals surface area contributed by atoms with Gasteiger partial charge in [-0.15, -0.1) is 11.8 Å². The molecule has 1 fully saturated rings. The van der Waals surface area contributed by atoms with Crippen LogP contribution in [0.4, 0.5) is 0 Å². The van der Waals surface area contributed by atoms with Crippen LogP contribution in [0.15, 0.2) is 26.6 Å². The van der Waals surface area contributed by atoms with E-state index in [1.807, 2.05) is 0 Å². The Morgan fingerprint density at radius 2 is 2.00 bits per heavy atom. The zero-order chi connectivity index (χ0) is 17.5. The standard InChI is InChI=1S/C18H26BrN3OS/c1-4-7-22-8-5-15(6-9-22)20-21-18(23)12-24-17-11-13(2)16(19)10-14(17)3/h10-11H,4-9,12H2,1-3H3,(H,21,23)/p+1. The van der Waals surface area contributed by atoms with Crippen molar-refractivity contribution in [3.05, 3.63) is 27.7 Å². The van der Waals surface area contributed by atoms with E-state index in [2.05, 4.69) is 59.4 Å². The fourth-order valence-electron chi connectivity index (χ4n) is 2.83. The van der Waals surface area contributed by atoms with Gasteiger partial charge in [0.15, 0.2) is 0 Å². The maximum absolute atomic E-state index is 12.0. The minimum atomic E-state index is -0.0317. The molecule has 1 aliphatic rings. The number of nitrogens with zero attached hydrogens (tertiary/aromatic N) is 1. The summed E-state index contributed by atoms with van der Waals surface area (Å²) in [5.74, 6) is 0.363. The third kappa shape index (κ3) is 5.90. The lowest BCUT2D eigenvalue weighted by Gasteiger charge is -2.24. The molecule has 1 aromatic carbocycles. The predicted molar refractivity (Wildman–Crippen MR) is 105 cm³/mol. The average Bonchev–Trinajstić information content (AvgIpc) is 2.56. The van der Waals surface area contributed by atoms with Gasteiger partial charge in [-0.05, 0) is 43.5 Å². The number of carbonyl (C=O) groups excluding carboxylic acids is 1. The lowest BCUT2D eigenvalue weighted by atomic mass is 10.1. The van der Waals surface area contributed by atoms with Crippen LogP contribution in [-0.2, 0) is 4.79 Å². The van der Waals surface area contributed by atoms with E-state index in [1.165, 1.54) is 24.1 Å². The summed E-state index contributed by atoms with van der Waals surface area (Å²) in [5.41, 5.74) is 6.22. The minimum absolute atomic E-state index is 0.0317. The molecule has 0 bridgehead atoms. The van der Waals surface area contributed by atoms with Crippen LogP contribution in [0.25, 0.3) is 0 Å². The Balaban J connectivity index is 1.78. The molecule has 1 aromatic rings. The highest BCUT2D eigenvalue weighted by Gasteiger charge is 2.17. The molecule has 2 rings (SSSR count). The number of quaternary nitrogens is 1. The summed E-state index contributed by atoms with van der Waals surface area (Å²) in [6, 6.07) is 4.22. The zero-order valence-electron chi connectivity index (χ0n) is 14.7. The van der Waals surface area contributed by atoms with Gasteiger partial charge >= 0.3 is 0 Å². The second kappa shape index (κ2) is 9.59. The van der Waals surface area contributed by atoms with E-state index in [9.17, 15) is 4.79 Å². The summed E-state index contributed by atoms with van der Waals surface area (Å²) in [7, 11) is 0. The third-order valence-electron chi connectivity index (χ3n) is 4.29. The van der Waals surface area contributed by atoms with Crippen LogP contribution in [0.3, 0.4) is 0 Å². The molecule has 0 radical (unpaired) electrons. The SMILES string of the molecule is CCC[NH+]1CCC(=NNC(=O)CSc2cc(C)c(Br)cc2C)CC1. The van der Waals surface area contributed by atoms with Crippen molar-refractivity contribution in [1.29, 1.82) is 0 Å². The summed E-state index contributed by atoms with van der Waals surface area (Å²) in [6.07, 6.45) is 3.21. The molecule has 24 heavy (non-hydrogen) atoms. The van der Waals surface area contributed by atoms with Crippen molar-refractivity contribution in [3.8, 4) is 0 Å². The first-order valence-electron chi connectivity index (χ1n) is 8.57. The molecule has 4 nitrogen and oxygen atoms in total. The van der Waals surface area contributed by atoms with Crippen molar-refractivity contribution in [3.63, 3.8) is 0 Å². The second-order valence-corrected chi connectivity index (χ2v) is 8.24. The normalized spacial score (nSPS) is 17.7. The first kappa shape index (κ1) is 19.5. The topological polar surface area (TPSA) is 45.9 Å². The predicted octanol–water partition coefficient (Wildman–Crippen LogP) is 2.72. The first-order chi connectivity index (χ1) is 11.5. The Labute approximate surface area is 157 Å². The Morgan fingerprint density at radius 3 is 2.67 bits per heavy atom. The first-order valence-corrected chi connectivity index (χ1v) is 10.3. The van der Waals surface area contributed by atoms with Crippen LogP contribution in [-0.4, -0.2) is 37.0 Å². The number of thioether (sulfide) groups is 1. The van der Waals surface area contributed by atoms with Crippen molar-refractivity contribution in [2.45, 2.75) is 44.9 Å². The monoisotopic (exact) mass is 412 g/mol. The zero-order valence-corrected chi connectivity index (χ0v) is 17.1. The molecule has 0 unspecified atom stereocenters. The highest BCUT2D eigenvalue weighted by molar-refractivity contribution is 9.10. The number of rotatable bonds is 6. The van der Waals surface area contributed by atoms with Crippen LogP contribution in [0, 0.1) is 13.8 Å². The number of piperidine rings is 1. The summed E-state index contributed by atoms with van der Waals surface area (Å²) in [6.45, 7) is 9.86. The minimum Gasteiger partial charge on any atom is -0.334 e. The van der Waals surface area contributed by atoms with E-state index >= 15 is 0 Å². The molecule has 1 aliphatic heterocycles. The van der Waals surface area contributed by atoms with E-state index in [0.717, 1.165) is 41.0 Å². The maximum atomic E-state index is 12.0. The Kier molecular flexibility index (Phi) is 7.78. The van der Waals surface area contributed by atoms with Crippen LogP contribution >= 0.6 is 27.7 Å². The lowest BCUT2D eigenvalue weighted by molar-refractivity contribution is -0.901. The molecule has 2 N–H and O–H groups in total. The van der Waals surface area contributed by atoms with Crippen molar-refractivity contribution in [1.82, 2.24) is 5.43 Å². The summed E-state index contributed by atoms with van der Waals surface area (Å²) in [5, 5.41) is 4.33. The molecule has 1 heterocycles. The fraction of sp³-hybridized carbons (Fsp3) is 0.556. The lowest BCUT2D eigenvalue weighted by Crippen LogP contribution is -3.13. The smallest absolute Gasteiger partial charge is 0.250 e. The number of aryl methyl sites for hydroxylation is 2. The average molecular weight is 413 g/mol. The highest BCUT2D eigenvalue weighted by atomic mass is 79.9. The van der Waals surface area contributed by atoms with E-state index in [-0.39, 0.29) is 5.91 Å². The molecular weight excluding hydrogens is 386 g/mol. The van der Waals surface area contributed by atoms with Gasteiger partial charge in [-0.1, -0.05) is 22.9 Å². The van der Waals surface area contributed by atoms with Gasteiger partial charge in [0.2, 0.25) is 5.91 Å². The van der Waals surface area contributed by atoms with Gasteiger partial charge in [0.1, 0.15) is 0 Å². The largest absolute Gasteiger partial charge is 0.334 e. The number of amides is 1. The van der Waals surface area contributed by atoms with Crippen molar-refractivity contribution in [2.75, 3.05) is 25.4 Å². The Morgan fingerprint density at radius 1 is 1.29 bits per heavy atom. The number of hydrazone groups is 1. The summed E-state index contributed by atoms with van der Waals surface area (Å²) < 4.78 is 1.11. The quantitative estimate of drug-likeness (QED) is 0.557. The van der Waals surface area contributed by atoms with Gasteiger partial charge in [-0.2, -0.15) is 5.10 Å². The van der Waals surface area contributed by atoms with Crippen LogP contribution < -0.4 is 10.3 Å².